The summed E-state index contributed by atoms with van der Waals surface area (Å²) in [7, 11) is 1.65. The maximum atomic E-state index is 12.8. The van der Waals surface area contributed by atoms with E-state index >= 15 is 0 Å². The van der Waals surface area contributed by atoms with E-state index in [9.17, 15) is 4.79 Å². The number of hydroxylamine groups is 2. The van der Waals surface area contributed by atoms with Crippen LogP contribution in [0.2, 0.25) is 0 Å². The molecule has 136 valence electrons. The molecule has 0 aromatic carbocycles. The number of hydrogen-bond acceptors (Lipinski definition) is 6. The lowest BCUT2D eigenvalue weighted by Crippen LogP contribution is -2.45. The molecule has 25 heavy (non-hydrogen) atoms. The van der Waals surface area contributed by atoms with Gasteiger partial charge in [0, 0.05) is 31.4 Å². The number of methoxy groups -OCH3 is 1. The van der Waals surface area contributed by atoms with E-state index in [0.29, 0.717) is 37.5 Å². The van der Waals surface area contributed by atoms with Crippen molar-refractivity contribution in [2.45, 2.75) is 13.0 Å². The molecule has 3 aliphatic heterocycles. The Bertz CT molecular complexity index is 620. The molecule has 0 radical (unpaired) electrons. The molecule has 7 heteroatoms. The largest absolute Gasteiger partial charge is 0.481 e. The topological polar surface area (TPSA) is 64.1 Å². The van der Waals surface area contributed by atoms with Gasteiger partial charge in [0.2, 0.25) is 5.88 Å². The van der Waals surface area contributed by atoms with Gasteiger partial charge in [-0.25, -0.2) is 10.0 Å². The minimum Gasteiger partial charge on any atom is -0.481 e. The highest BCUT2D eigenvalue weighted by Crippen LogP contribution is 2.36. The molecule has 3 saturated heterocycles. The summed E-state index contributed by atoms with van der Waals surface area (Å²) in [6, 6.07) is 3.98. The van der Waals surface area contributed by atoms with Crippen LogP contribution in [0.5, 0.6) is 5.88 Å². The van der Waals surface area contributed by atoms with Crippen LogP contribution in [0.4, 0.5) is 0 Å². The highest BCUT2D eigenvalue weighted by atomic mass is 16.7. The molecule has 0 bridgehead atoms. The van der Waals surface area contributed by atoms with E-state index in [1.807, 2.05) is 12.1 Å². The normalized spacial score (nSPS) is 29.6. The molecule has 1 amide bonds. The van der Waals surface area contributed by atoms with E-state index in [-0.39, 0.29) is 11.8 Å². The van der Waals surface area contributed by atoms with Crippen LogP contribution in [0.1, 0.15) is 12.0 Å². The highest BCUT2D eigenvalue weighted by molar-refractivity contribution is 5.78. The molecule has 0 N–H and O–H groups in total. The Hall–Kier alpha value is -1.70. The van der Waals surface area contributed by atoms with Crippen molar-refractivity contribution in [1.29, 1.82) is 0 Å². The molecule has 0 aliphatic carbocycles. The standard InChI is InChI=1S/C18H25N3O4/c1-23-17-13(4-2-5-19-17)8-20-9-14-11-24-12-16(15(14)10-20)18(22)21-6-3-7-25-21/h2,4-5,14-16H,3,6-12H2,1H3/t14-,15-,16-/m0/s1. The van der Waals surface area contributed by atoms with Crippen LogP contribution in [-0.4, -0.2) is 67.4 Å². The first-order valence-corrected chi connectivity index (χ1v) is 8.98. The van der Waals surface area contributed by atoms with Crippen molar-refractivity contribution in [2.24, 2.45) is 17.8 Å². The third-order valence-corrected chi connectivity index (χ3v) is 5.47. The quantitative estimate of drug-likeness (QED) is 0.808. The summed E-state index contributed by atoms with van der Waals surface area (Å²) < 4.78 is 11.1. The Balaban J connectivity index is 1.44. The zero-order valence-electron chi connectivity index (χ0n) is 14.6. The number of likely N-dealkylation sites (tertiary alicyclic amines) is 1. The van der Waals surface area contributed by atoms with Crippen LogP contribution in [0, 0.1) is 17.8 Å². The van der Waals surface area contributed by atoms with Crippen LogP contribution >= 0.6 is 0 Å². The molecule has 0 unspecified atom stereocenters. The number of ether oxygens (including phenoxy) is 2. The van der Waals surface area contributed by atoms with Gasteiger partial charge in [-0.1, -0.05) is 6.07 Å². The fourth-order valence-electron chi connectivity index (χ4n) is 4.25. The van der Waals surface area contributed by atoms with Crippen molar-refractivity contribution in [3.8, 4) is 5.88 Å². The summed E-state index contributed by atoms with van der Waals surface area (Å²) in [5.74, 6) is 1.39. The van der Waals surface area contributed by atoms with Crippen molar-refractivity contribution in [2.75, 3.05) is 46.6 Å². The van der Waals surface area contributed by atoms with E-state index in [0.717, 1.165) is 38.2 Å². The molecular weight excluding hydrogens is 322 g/mol. The average Bonchev–Trinajstić information content (AvgIpc) is 3.30. The number of pyridine rings is 1. The zero-order chi connectivity index (χ0) is 17.2. The number of carbonyl (C=O) groups is 1. The van der Waals surface area contributed by atoms with Gasteiger partial charge in [0.15, 0.2) is 0 Å². The Morgan fingerprint density at radius 1 is 1.40 bits per heavy atom. The number of amides is 1. The van der Waals surface area contributed by atoms with Gasteiger partial charge in [-0.15, -0.1) is 0 Å². The lowest BCUT2D eigenvalue weighted by Gasteiger charge is -2.33. The van der Waals surface area contributed by atoms with Gasteiger partial charge in [0.25, 0.3) is 5.91 Å². The molecule has 1 aromatic rings. The third kappa shape index (κ3) is 3.36. The van der Waals surface area contributed by atoms with E-state index in [4.69, 9.17) is 14.3 Å². The Morgan fingerprint density at radius 2 is 2.32 bits per heavy atom. The predicted molar refractivity (Wildman–Crippen MR) is 89.6 cm³/mol. The highest BCUT2D eigenvalue weighted by Gasteiger charge is 2.45. The number of aromatic nitrogens is 1. The van der Waals surface area contributed by atoms with Crippen molar-refractivity contribution >= 4 is 5.91 Å². The van der Waals surface area contributed by atoms with Crippen LogP contribution in [0.3, 0.4) is 0 Å². The Kier molecular flexibility index (Phi) is 4.87. The summed E-state index contributed by atoms with van der Waals surface area (Å²) >= 11 is 0. The number of nitrogens with zero attached hydrogens (tertiary/aromatic N) is 3. The molecule has 4 rings (SSSR count). The summed E-state index contributed by atoms with van der Waals surface area (Å²) in [4.78, 5) is 24.9. The van der Waals surface area contributed by atoms with Gasteiger partial charge in [-0.3, -0.25) is 14.5 Å². The Labute approximate surface area is 147 Å². The minimum absolute atomic E-state index is 0.0907. The molecule has 0 spiro atoms. The molecular formula is C18H25N3O4. The minimum atomic E-state index is -0.0994. The molecule has 7 nitrogen and oxygen atoms in total. The fraction of sp³-hybridized carbons (Fsp3) is 0.667. The van der Waals surface area contributed by atoms with Crippen LogP contribution < -0.4 is 4.74 Å². The summed E-state index contributed by atoms with van der Waals surface area (Å²) in [5, 5.41) is 1.54. The van der Waals surface area contributed by atoms with Crippen molar-refractivity contribution < 1.29 is 19.1 Å². The van der Waals surface area contributed by atoms with Crippen LogP contribution in [-0.2, 0) is 20.9 Å². The lowest BCUT2D eigenvalue weighted by atomic mass is 9.82. The van der Waals surface area contributed by atoms with Gasteiger partial charge in [0.1, 0.15) is 0 Å². The first kappa shape index (κ1) is 16.8. The molecule has 3 aliphatic rings. The number of rotatable bonds is 4. The van der Waals surface area contributed by atoms with E-state index in [1.165, 1.54) is 0 Å². The second-order valence-corrected chi connectivity index (χ2v) is 7.06. The van der Waals surface area contributed by atoms with Crippen LogP contribution in [0.25, 0.3) is 0 Å². The fourth-order valence-corrected chi connectivity index (χ4v) is 4.25. The van der Waals surface area contributed by atoms with Gasteiger partial charge in [-0.05, 0) is 24.3 Å². The number of fused-ring (bicyclic) bond motifs is 1. The van der Waals surface area contributed by atoms with Crippen LogP contribution in [0.15, 0.2) is 18.3 Å². The smallest absolute Gasteiger partial charge is 0.251 e. The van der Waals surface area contributed by atoms with E-state index in [1.54, 1.807) is 18.4 Å². The predicted octanol–water partition coefficient (Wildman–Crippen LogP) is 0.949. The summed E-state index contributed by atoms with van der Waals surface area (Å²) in [5.41, 5.74) is 1.08. The second kappa shape index (κ2) is 7.27. The van der Waals surface area contributed by atoms with Gasteiger partial charge >= 0.3 is 0 Å². The first-order valence-electron chi connectivity index (χ1n) is 8.98. The molecule has 4 heterocycles. The van der Waals surface area contributed by atoms with Gasteiger partial charge in [0.05, 0.1) is 39.4 Å². The maximum absolute atomic E-state index is 12.8. The summed E-state index contributed by atoms with van der Waals surface area (Å²) in [6.45, 7) is 5.19. The number of carbonyl (C=O) groups excluding carboxylic acids is 1. The second-order valence-electron chi connectivity index (χ2n) is 7.06. The maximum Gasteiger partial charge on any atom is 0.251 e. The number of hydrogen-bond donors (Lipinski definition) is 0. The van der Waals surface area contributed by atoms with Crippen molar-refractivity contribution in [3.05, 3.63) is 23.9 Å². The molecule has 3 fully saturated rings. The SMILES string of the molecule is COc1ncccc1CN1C[C@H]2COC[C@H](C(=O)N3CCCO3)[C@H]2C1. The van der Waals surface area contributed by atoms with E-state index < -0.39 is 0 Å². The van der Waals surface area contributed by atoms with E-state index in [2.05, 4.69) is 9.88 Å². The zero-order valence-corrected chi connectivity index (χ0v) is 14.6. The van der Waals surface area contributed by atoms with Gasteiger partial charge in [-0.2, -0.15) is 0 Å². The first-order chi connectivity index (χ1) is 12.3. The molecule has 1 aromatic heterocycles. The van der Waals surface area contributed by atoms with Crippen molar-refractivity contribution in [1.82, 2.24) is 14.9 Å². The third-order valence-electron chi connectivity index (χ3n) is 5.47. The van der Waals surface area contributed by atoms with Gasteiger partial charge < -0.3 is 9.47 Å². The lowest BCUT2D eigenvalue weighted by molar-refractivity contribution is -0.181. The Morgan fingerprint density at radius 3 is 3.12 bits per heavy atom. The molecule has 3 atom stereocenters. The van der Waals surface area contributed by atoms with Crippen molar-refractivity contribution in [3.63, 3.8) is 0 Å². The molecule has 0 saturated carbocycles. The monoisotopic (exact) mass is 347 g/mol. The average molecular weight is 347 g/mol. The summed E-state index contributed by atoms with van der Waals surface area (Å²) in [6.07, 6.45) is 2.66.